The molecule has 1 heterocycles. The normalized spacial score (nSPS) is 10.8. The molecule has 1 aromatic carbocycles. The van der Waals surface area contributed by atoms with Gasteiger partial charge in [-0.05, 0) is 32.0 Å². The van der Waals surface area contributed by atoms with Crippen molar-refractivity contribution in [3.8, 4) is 11.5 Å². The minimum atomic E-state index is 0.593. The van der Waals surface area contributed by atoms with Crippen molar-refractivity contribution < 1.29 is 4.42 Å². The molecule has 0 saturated carbocycles. The first kappa shape index (κ1) is 11.8. The fourth-order valence-corrected chi connectivity index (χ4v) is 1.72. The summed E-state index contributed by atoms with van der Waals surface area (Å²) >= 11 is 0. The molecule has 0 fully saturated rings. The highest BCUT2D eigenvalue weighted by Crippen LogP contribution is 2.22. The van der Waals surface area contributed by atoms with Gasteiger partial charge in [-0.3, -0.25) is 0 Å². The number of hydrogen-bond acceptors (Lipinski definition) is 4. The summed E-state index contributed by atoms with van der Waals surface area (Å²) in [4.78, 5) is 0. The van der Waals surface area contributed by atoms with Crippen molar-refractivity contribution in [3.63, 3.8) is 0 Å². The van der Waals surface area contributed by atoms with E-state index in [2.05, 4.69) is 41.5 Å². The maximum Gasteiger partial charge on any atom is 0.248 e. The minimum absolute atomic E-state index is 0.593. The van der Waals surface area contributed by atoms with E-state index in [1.54, 1.807) is 0 Å². The second kappa shape index (κ2) is 5.10. The molecule has 0 radical (unpaired) electrons. The second-order valence-corrected chi connectivity index (χ2v) is 4.10. The summed E-state index contributed by atoms with van der Waals surface area (Å²) in [6.07, 6.45) is 0. The Morgan fingerprint density at radius 3 is 2.76 bits per heavy atom. The Hall–Kier alpha value is -1.68. The lowest BCUT2D eigenvalue weighted by Crippen LogP contribution is -2.11. The van der Waals surface area contributed by atoms with Gasteiger partial charge in [-0.2, -0.15) is 0 Å². The number of nitrogens with one attached hydrogen (secondary N) is 1. The summed E-state index contributed by atoms with van der Waals surface area (Å²) in [7, 11) is 0. The maximum atomic E-state index is 5.61. The molecule has 0 atom stereocenters. The van der Waals surface area contributed by atoms with Gasteiger partial charge < -0.3 is 9.73 Å². The van der Waals surface area contributed by atoms with Crippen molar-refractivity contribution in [2.24, 2.45) is 0 Å². The van der Waals surface area contributed by atoms with Crippen LogP contribution in [0.5, 0.6) is 0 Å². The summed E-state index contributed by atoms with van der Waals surface area (Å²) in [6.45, 7) is 7.68. The monoisotopic (exact) mass is 231 g/mol. The van der Waals surface area contributed by atoms with Crippen LogP contribution in [-0.4, -0.2) is 16.7 Å². The van der Waals surface area contributed by atoms with E-state index in [9.17, 15) is 0 Å². The molecule has 0 bridgehead atoms. The number of aromatic nitrogens is 2. The third-order valence-electron chi connectivity index (χ3n) is 2.61. The molecule has 1 aromatic heterocycles. The zero-order valence-electron chi connectivity index (χ0n) is 10.4. The summed E-state index contributed by atoms with van der Waals surface area (Å²) < 4.78 is 5.61. The Morgan fingerprint density at radius 1 is 1.24 bits per heavy atom. The van der Waals surface area contributed by atoms with Gasteiger partial charge in [0.1, 0.15) is 0 Å². The highest BCUT2D eigenvalue weighted by molar-refractivity contribution is 5.58. The van der Waals surface area contributed by atoms with Gasteiger partial charge in [0.25, 0.3) is 0 Å². The lowest BCUT2D eigenvalue weighted by Gasteiger charge is -2.01. The van der Waals surface area contributed by atoms with E-state index in [1.165, 1.54) is 5.56 Å². The maximum absolute atomic E-state index is 5.61. The minimum Gasteiger partial charge on any atom is -0.419 e. The van der Waals surface area contributed by atoms with Crippen LogP contribution in [0.4, 0.5) is 0 Å². The van der Waals surface area contributed by atoms with Crippen LogP contribution >= 0.6 is 0 Å². The van der Waals surface area contributed by atoms with Crippen LogP contribution in [0.25, 0.3) is 11.5 Å². The summed E-state index contributed by atoms with van der Waals surface area (Å²) in [6, 6.07) is 6.19. The smallest absolute Gasteiger partial charge is 0.248 e. The number of benzene rings is 1. The van der Waals surface area contributed by atoms with Crippen molar-refractivity contribution in [1.29, 1.82) is 0 Å². The first-order valence-corrected chi connectivity index (χ1v) is 5.81. The number of aryl methyl sites for hydroxylation is 2. The molecule has 17 heavy (non-hydrogen) atoms. The Kier molecular flexibility index (Phi) is 3.54. The van der Waals surface area contributed by atoms with Gasteiger partial charge in [0, 0.05) is 5.56 Å². The molecule has 4 nitrogen and oxygen atoms in total. The van der Waals surface area contributed by atoms with E-state index in [0.29, 0.717) is 18.3 Å². The van der Waals surface area contributed by atoms with Gasteiger partial charge in [-0.1, -0.05) is 24.6 Å². The van der Waals surface area contributed by atoms with Crippen LogP contribution in [0, 0.1) is 13.8 Å². The van der Waals surface area contributed by atoms with Crippen LogP contribution < -0.4 is 5.32 Å². The van der Waals surface area contributed by atoms with Crippen molar-refractivity contribution in [2.75, 3.05) is 6.54 Å². The second-order valence-electron chi connectivity index (χ2n) is 4.10. The van der Waals surface area contributed by atoms with Crippen molar-refractivity contribution in [3.05, 3.63) is 35.2 Å². The number of rotatable bonds is 4. The third kappa shape index (κ3) is 2.71. The molecule has 0 aliphatic carbocycles. The third-order valence-corrected chi connectivity index (χ3v) is 2.61. The van der Waals surface area contributed by atoms with Gasteiger partial charge in [0.05, 0.1) is 6.54 Å². The molecule has 90 valence electrons. The Balaban J connectivity index is 2.24. The Bertz CT molecular complexity index is 505. The number of hydrogen-bond donors (Lipinski definition) is 1. The van der Waals surface area contributed by atoms with E-state index in [-0.39, 0.29) is 0 Å². The van der Waals surface area contributed by atoms with E-state index in [0.717, 1.165) is 17.7 Å². The van der Waals surface area contributed by atoms with Gasteiger partial charge in [0.15, 0.2) is 0 Å². The lowest BCUT2D eigenvalue weighted by molar-refractivity contribution is 0.482. The predicted molar refractivity (Wildman–Crippen MR) is 66.6 cm³/mol. The van der Waals surface area contributed by atoms with Gasteiger partial charge >= 0.3 is 0 Å². The van der Waals surface area contributed by atoms with Gasteiger partial charge in [-0.15, -0.1) is 10.2 Å². The molecule has 0 aliphatic heterocycles. The van der Waals surface area contributed by atoms with Crippen molar-refractivity contribution >= 4 is 0 Å². The largest absolute Gasteiger partial charge is 0.419 e. The quantitative estimate of drug-likeness (QED) is 0.878. The first-order chi connectivity index (χ1) is 8.20. The van der Waals surface area contributed by atoms with E-state index in [1.807, 2.05) is 13.0 Å². The van der Waals surface area contributed by atoms with Crippen LogP contribution in [0.3, 0.4) is 0 Å². The molecular formula is C13H17N3O. The highest BCUT2D eigenvalue weighted by Gasteiger charge is 2.10. The average molecular weight is 231 g/mol. The zero-order valence-corrected chi connectivity index (χ0v) is 10.4. The fourth-order valence-electron chi connectivity index (χ4n) is 1.72. The summed E-state index contributed by atoms with van der Waals surface area (Å²) in [5.41, 5.74) is 3.40. The molecule has 4 heteroatoms. The molecule has 0 unspecified atom stereocenters. The number of nitrogens with zero attached hydrogens (tertiary/aromatic N) is 2. The SMILES string of the molecule is CCNCc1nnc(-c2ccc(C)cc2C)o1. The Labute approximate surface area is 101 Å². The molecule has 0 spiro atoms. The molecular weight excluding hydrogens is 214 g/mol. The lowest BCUT2D eigenvalue weighted by atomic mass is 10.1. The van der Waals surface area contributed by atoms with E-state index in [4.69, 9.17) is 4.42 Å². The molecule has 0 amide bonds. The van der Waals surface area contributed by atoms with Gasteiger partial charge in [-0.25, -0.2) is 0 Å². The summed E-state index contributed by atoms with van der Waals surface area (Å²) in [5.74, 6) is 1.22. The standard InChI is InChI=1S/C13H17N3O/c1-4-14-8-12-15-16-13(17-12)11-6-5-9(2)7-10(11)3/h5-7,14H,4,8H2,1-3H3. The van der Waals surface area contributed by atoms with Crippen molar-refractivity contribution in [2.45, 2.75) is 27.3 Å². The summed E-state index contributed by atoms with van der Waals surface area (Å²) in [5, 5.41) is 11.2. The Morgan fingerprint density at radius 2 is 2.06 bits per heavy atom. The van der Waals surface area contributed by atoms with Crippen molar-refractivity contribution in [1.82, 2.24) is 15.5 Å². The van der Waals surface area contributed by atoms with Crippen LogP contribution in [0.2, 0.25) is 0 Å². The zero-order chi connectivity index (χ0) is 12.3. The van der Waals surface area contributed by atoms with Crippen LogP contribution in [-0.2, 0) is 6.54 Å². The molecule has 1 N–H and O–H groups in total. The highest BCUT2D eigenvalue weighted by atomic mass is 16.4. The topological polar surface area (TPSA) is 51.0 Å². The average Bonchev–Trinajstić information content (AvgIpc) is 2.75. The molecule has 2 aromatic rings. The predicted octanol–water partition coefficient (Wildman–Crippen LogP) is 2.46. The van der Waals surface area contributed by atoms with Crippen LogP contribution in [0.1, 0.15) is 23.9 Å². The van der Waals surface area contributed by atoms with E-state index < -0.39 is 0 Å². The van der Waals surface area contributed by atoms with Crippen LogP contribution in [0.15, 0.2) is 22.6 Å². The first-order valence-electron chi connectivity index (χ1n) is 5.81. The van der Waals surface area contributed by atoms with Gasteiger partial charge in [0.2, 0.25) is 11.8 Å². The van der Waals surface area contributed by atoms with E-state index >= 15 is 0 Å². The molecule has 0 saturated heterocycles. The molecule has 0 aliphatic rings. The fraction of sp³-hybridized carbons (Fsp3) is 0.385. The molecule has 2 rings (SSSR count).